The van der Waals surface area contributed by atoms with E-state index in [9.17, 15) is 18.0 Å². The summed E-state index contributed by atoms with van der Waals surface area (Å²) in [5.74, 6) is -0.929. The van der Waals surface area contributed by atoms with Gasteiger partial charge in [-0.05, 0) is 18.5 Å². The average molecular weight is 269 g/mol. The number of nitrogens with two attached hydrogens (primary N) is 1. The Balaban J connectivity index is 2.83. The molecule has 5 nitrogen and oxygen atoms in total. The minimum absolute atomic E-state index is 0.0433. The summed E-state index contributed by atoms with van der Waals surface area (Å²) >= 11 is 0.684. The largest absolute Gasteiger partial charge is 0.462 e. The first-order chi connectivity index (χ1) is 7.85. The molecule has 1 aromatic rings. The van der Waals surface area contributed by atoms with Crippen LogP contribution in [0.3, 0.4) is 0 Å². The lowest BCUT2D eigenvalue weighted by Gasteiger charge is -2.09. The molecular formula is C8H10F3N3O2S. The van der Waals surface area contributed by atoms with Crippen LogP contribution in [0.4, 0.5) is 24.0 Å². The number of esters is 1. The van der Waals surface area contributed by atoms with E-state index < -0.39 is 18.7 Å². The molecule has 96 valence electrons. The molecule has 1 rings (SSSR count). The van der Waals surface area contributed by atoms with Crippen molar-refractivity contribution in [2.24, 2.45) is 0 Å². The zero-order valence-corrected chi connectivity index (χ0v) is 9.61. The number of nitrogens with zero attached hydrogens (tertiary/aromatic N) is 1. The van der Waals surface area contributed by atoms with Gasteiger partial charge in [-0.3, -0.25) is 0 Å². The lowest BCUT2D eigenvalue weighted by molar-refractivity contribution is -0.115. The van der Waals surface area contributed by atoms with Gasteiger partial charge < -0.3 is 15.8 Å². The first-order valence-electron chi connectivity index (χ1n) is 4.58. The Morgan fingerprint density at radius 2 is 2.24 bits per heavy atom. The second-order valence-corrected chi connectivity index (χ2v) is 3.73. The lowest BCUT2D eigenvalue weighted by atomic mass is 10.3. The van der Waals surface area contributed by atoms with Gasteiger partial charge in [0.1, 0.15) is 17.1 Å². The molecule has 0 fully saturated rings. The number of ether oxygens (including phenoxy) is 1. The molecule has 0 spiro atoms. The molecule has 17 heavy (non-hydrogen) atoms. The zero-order chi connectivity index (χ0) is 13.1. The zero-order valence-electron chi connectivity index (χ0n) is 8.80. The summed E-state index contributed by atoms with van der Waals surface area (Å²) in [6, 6.07) is 0. The van der Waals surface area contributed by atoms with Crippen LogP contribution in [-0.2, 0) is 4.74 Å². The molecule has 0 atom stereocenters. The molecular weight excluding hydrogens is 259 g/mol. The van der Waals surface area contributed by atoms with Crippen LogP contribution in [0.1, 0.15) is 17.3 Å². The molecule has 0 aliphatic heterocycles. The summed E-state index contributed by atoms with van der Waals surface area (Å²) in [7, 11) is 0. The number of alkyl halides is 3. The summed E-state index contributed by atoms with van der Waals surface area (Å²) in [6.45, 7) is 0.421. The number of aromatic nitrogens is 1. The number of anilines is 2. The molecule has 0 unspecified atom stereocenters. The molecule has 0 amide bonds. The molecule has 1 heterocycles. The van der Waals surface area contributed by atoms with E-state index >= 15 is 0 Å². The Morgan fingerprint density at radius 3 is 2.76 bits per heavy atom. The molecule has 3 N–H and O–H groups in total. The van der Waals surface area contributed by atoms with Gasteiger partial charge in [-0.1, -0.05) is 0 Å². The summed E-state index contributed by atoms with van der Waals surface area (Å²) < 4.78 is 44.3. The van der Waals surface area contributed by atoms with Gasteiger partial charge in [-0.25, -0.2) is 4.79 Å². The van der Waals surface area contributed by atoms with Gasteiger partial charge in [0.15, 0.2) is 5.82 Å². The van der Waals surface area contributed by atoms with Crippen molar-refractivity contribution in [3.05, 3.63) is 5.56 Å². The maximum absolute atomic E-state index is 12.0. The van der Waals surface area contributed by atoms with Gasteiger partial charge in [0.25, 0.3) is 0 Å². The van der Waals surface area contributed by atoms with Crippen molar-refractivity contribution in [2.75, 3.05) is 24.2 Å². The highest BCUT2D eigenvalue weighted by Crippen LogP contribution is 2.28. The highest BCUT2D eigenvalue weighted by atomic mass is 32.1. The minimum Gasteiger partial charge on any atom is -0.462 e. The number of carbonyl (C=O) groups excluding carboxylic acids is 1. The summed E-state index contributed by atoms with van der Waals surface area (Å²) in [5.41, 5.74) is 5.24. The van der Waals surface area contributed by atoms with Crippen LogP contribution in [0.25, 0.3) is 0 Å². The number of nitrogen functional groups attached to an aromatic ring is 1. The number of nitrogens with one attached hydrogen (secondary N) is 1. The number of hydrogen-bond acceptors (Lipinski definition) is 6. The van der Waals surface area contributed by atoms with E-state index in [1.165, 1.54) is 0 Å². The maximum atomic E-state index is 12.0. The van der Waals surface area contributed by atoms with E-state index in [1.54, 1.807) is 6.92 Å². The first-order valence-corrected chi connectivity index (χ1v) is 5.35. The Kier molecular flexibility index (Phi) is 4.16. The van der Waals surface area contributed by atoms with Crippen LogP contribution in [0.15, 0.2) is 0 Å². The van der Waals surface area contributed by atoms with E-state index in [0.717, 1.165) is 0 Å². The monoisotopic (exact) mass is 269 g/mol. The van der Waals surface area contributed by atoms with Gasteiger partial charge in [-0.15, -0.1) is 0 Å². The standard InChI is InChI=1S/C8H10F3N3O2S/c1-2-16-7(15)4-5(12)14-17-6(4)13-3-8(9,10)11/h13H,2-3H2,1H3,(H2,12,14). The fraction of sp³-hybridized carbons (Fsp3) is 0.500. The smallest absolute Gasteiger partial charge is 0.405 e. The number of carbonyl (C=O) groups is 1. The molecule has 0 saturated heterocycles. The van der Waals surface area contributed by atoms with Crippen molar-refractivity contribution in [2.45, 2.75) is 13.1 Å². The van der Waals surface area contributed by atoms with Crippen molar-refractivity contribution < 1.29 is 22.7 Å². The van der Waals surface area contributed by atoms with Gasteiger partial charge in [0.2, 0.25) is 0 Å². The Labute approximate surface area is 98.9 Å². The van der Waals surface area contributed by atoms with Crippen LogP contribution in [0, 0.1) is 0 Å². The third-order valence-electron chi connectivity index (χ3n) is 1.65. The highest BCUT2D eigenvalue weighted by molar-refractivity contribution is 7.11. The fourth-order valence-electron chi connectivity index (χ4n) is 1.00. The van der Waals surface area contributed by atoms with Crippen molar-refractivity contribution >= 4 is 28.3 Å². The normalized spacial score (nSPS) is 11.3. The van der Waals surface area contributed by atoms with Crippen LogP contribution in [0.2, 0.25) is 0 Å². The van der Waals surface area contributed by atoms with E-state index in [2.05, 4.69) is 14.4 Å². The van der Waals surface area contributed by atoms with Gasteiger partial charge in [-0.2, -0.15) is 17.5 Å². The van der Waals surface area contributed by atoms with E-state index in [4.69, 9.17) is 5.73 Å². The SMILES string of the molecule is CCOC(=O)c1c(N)nsc1NCC(F)(F)F. The summed E-state index contributed by atoms with van der Waals surface area (Å²) in [5, 5.41) is 2.02. The number of halogens is 3. The second kappa shape index (κ2) is 5.21. The topological polar surface area (TPSA) is 77.2 Å². The van der Waals surface area contributed by atoms with Crippen LogP contribution >= 0.6 is 11.5 Å². The van der Waals surface area contributed by atoms with Crippen molar-refractivity contribution in [1.82, 2.24) is 4.37 Å². The molecule has 1 aromatic heterocycles. The molecule has 0 saturated carbocycles. The number of hydrogen-bond donors (Lipinski definition) is 2. The minimum atomic E-state index is -4.38. The molecule has 9 heteroatoms. The molecule has 0 bridgehead atoms. The van der Waals surface area contributed by atoms with Crippen molar-refractivity contribution in [3.8, 4) is 0 Å². The molecule has 0 radical (unpaired) electrons. The second-order valence-electron chi connectivity index (χ2n) is 2.96. The quantitative estimate of drug-likeness (QED) is 0.816. The summed E-state index contributed by atoms with van der Waals surface area (Å²) in [6.07, 6.45) is -4.38. The fourth-order valence-corrected chi connectivity index (χ4v) is 1.70. The molecule has 0 aliphatic rings. The maximum Gasteiger partial charge on any atom is 0.405 e. The Hall–Kier alpha value is -1.51. The predicted molar refractivity (Wildman–Crippen MR) is 57.0 cm³/mol. The molecule has 0 aromatic carbocycles. The predicted octanol–water partition coefficient (Wildman–Crippen LogP) is 1.88. The van der Waals surface area contributed by atoms with Crippen molar-refractivity contribution in [1.29, 1.82) is 0 Å². The average Bonchev–Trinajstić information content (AvgIpc) is 2.56. The van der Waals surface area contributed by atoms with E-state index in [1.807, 2.05) is 0 Å². The van der Waals surface area contributed by atoms with Crippen LogP contribution < -0.4 is 11.1 Å². The van der Waals surface area contributed by atoms with Gasteiger partial charge in [0, 0.05) is 0 Å². The van der Waals surface area contributed by atoms with Crippen LogP contribution in [-0.4, -0.2) is 29.7 Å². The Bertz CT molecular complexity index is 405. The number of rotatable bonds is 4. The lowest BCUT2D eigenvalue weighted by Crippen LogP contribution is -2.22. The van der Waals surface area contributed by atoms with Gasteiger partial charge >= 0.3 is 12.1 Å². The Morgan fingerprint density at radius 1 is 1.59 bits per heavy atom. The first kappa shape index (κ1) is 13.6. The molecule has 0 aliphatic carbocycles. The van der Waals surface area contributed by atoms with Gasteiger partial charge in [0.05, 0.1) is 6.61 Å². The highest BCUT2D eigenvalue weighted by Gasteiger charge is 2.29. The van der Waals surface area contributed by atoms with Crippen LogP contribution in [0.5, 0.6) is 0 Å². The summed E-state index contributed by atoms with van der Waals surface area (Å²) in [4.78, 5) is 11.4. The van der Waals surface area contributed by atoms with E-state index in [0.29, 0.717) is 11.5 Å². The third kappa shape index (κ3) is 3.77. The third-order valence-corrected chi connectivity index (χ3v) is 2.47. The van der Waals surface area contributed by atoms with Crippen molar-refractivity contribution in [3.63, 3.8) is 0 Å². The van der Waals surface area contributed by atoms with E-state index in [-0.39, 0.29) is 23.0 Å².